The first-order chi connectivity index (χ1) is 16.9. The summed E-state index contributed by atoms with van der Waals surface area (Å²) in [6.45, 7) is 0.962. The number of amides is 1. The molecule has 1 N–H and O–H groups in total. The predicted molar refractivity (Wildman–Crippen MR) is 112 cm³/mol. The number of fused-ring (bicyclic) bond motifs is 1. The minimum Gasteiger partial charge on any atom is -0.379 e. The zero-order valence-corrected chi connectivity index (χ0v) is 19.1. The molecule has 3 aromatic rings. The molecular formula is C18H18F6N8O3S. The molecular weight excluding hydrogens is 522 g/mol. The molecule has 0 aliphatic carbocycles. The van der Waals surface area contributed by atoms with Crippen LogP contribution in [-0.2, 0) is 28.4 Å². The molecule has 1 aliphatic heterocycles. The quantitative estimate of drug-likeness (QED) is 0.356. The fourth-order valence-corrected chi connectivity index (χ4v) is 4.35. The van der Waals surface area contributed by atoms with E-state index in [1.165, 1.54) is 0 Å². The second-order valence-electron chi connectivity index (χ2n) is 7.65. The number of piperazine rings is 1. The van der Waals surface area contributed by atoms with Crippen molar-refractivity contribution in [2.75, 3.05) is 44.3 Å². The topological polar surface area (TPSA) is 122 Å². The Kier molecular flexibility index (Phi) is 7.17. The number of nitrogens with zero attached hydrogens (tertiary/aromatic N) is 7. The summed E-state index contributed by atoms with van der Waals surface area (Å²) in [5, 5.41) is 14.1. The fraction of sp³-hybridized carbons (Fsp3) is 0.556. The maximum absolute atomic E-state index is 13.2. The summed E-state index contributed by atoms with van der Waals surface area (Å²) in [4.78, 5) is 27.4. The van der Waals surface area contributed by atoms with Crippen molar-refractivity contribution in [1.82, 2.24) is 35.1 Å². The summed E-state index contributed by atoms with van der Waals surface area (Å²) in [5.74, 6) is -0.234. The van der Waals surface area contributed by atoms with Crippen molar-refractivity contribution >= 4 is 33.3 Å². The second kappa shape index (κ2) is 10.00. The van der Waals surface area contributed by atoms with E-state index in [4.69, 9.17) is 4.74 Å². The Morgan fingerprint density at radius 2 is 1.78 bits per heavy atom. The van der Waals surface area contributed by atoms with Crippen LogP contribution in [0.3, 0.4) is 0 Å². The van der Waals surface area contributed by atoms with E-state index in [9.17, 15) is 35.9 Å². The van der Waals surface area contributed by atoms with E-state index in [1.54, 1.807) is 9.80 Å². The van der Waals surface area contributed by atoms with Gasteiger partial charge in [-0.15, -0.1) is 10.2 Å². The lowest BCUT2D eigenvalue weighted by Gasteiger charge is -2.34. The van der Waals surface area contributed by atoms with Crippen molar-refractivity contribution in [3.63, 3.8) is 0 Å². The van der Waals surface area contributed by atoms with Crippen LogP contribution in [0.4, 0.5) is 31.5 Å². The average Bonchev–Trinajstić information content (AvgIpc) is 3.45. The third kappa shape index (κ3) is 5.58. The molecule has 0 atom stereocenters. The van der Waals surface area contributed by atoms with Gasteiger partial charge in [0.25, 0.3) is 5.56 Å². The summed E-state index contributed by atoms with van der Waals surface area (Å²) in [5.41, 5.74) is -2.43. The Morgan fingerprint density at radius 1 is 1.06 bits per heavy atom. The van der Waals surface area contributed by atoms with E-state index in [0.29, 0.717) is 24.4 Å². The first-order valence-corrected chi connectivity index (χ1v) is 11.3. The molecule has 1 amide bonds. The van der Waals surface area contributed by atoms with Crippen LogP contribution in [0.25, 0.3) is 10.9 Å². The van der Waals surface area contributed by atoms with Crippen LogP contribution >= 0.6 is 11.3 Å². The van der Waals surface area contributed by atoms with Crippen LogP contribution in [0.2, 0.25) is 0 Å². The van der Waals surface area contributed by atoms with Crippen molar-refractivity contribution in [3.8, 4) is 0 Å². The second-order valence-corrected chi connectivity index (χ2v) is 8.60. The smallest absolute Gasteiger partial charge is 0.379 e. The number of H-pyrrole nitrogens is 1. The summed E-state index contributed by atoms with van der Waals surface area (Å²) in [6, 6.07) is 0. The highest BCUT2D eigenvalue weighted by molar-refractivity contribution is 7.15. The van der Waals surface area contributed by atoms with Crippen molar-refractivity contribution in [3.05, 3.63) is 27.3 Å². The van der Waals surface area contributed by atoms with Crippen LogP contribution in [0.1, 0.15) is 17.1 Å². The molecule has 36 heavy (non-hydrogen) atoms. The maximum atomic E-state index is 13.2. The number of nitrogens with one attached hydrogen (secondary N) is 1. The van der Waals surface area contributed by atoms with Gasteiger partial charge in [-0.05, 0) is 0 Å². The van der Waals surface area contributed by atoms with Gasteiger partial charge in [-0.3, -0.25) is 14.3 Å². The highest BCUT2D eigenvalue weighted by Crippen LogP contribution is 2.34. The van der Waals surface area contributed by atoms with Crippen LogP contribution in [0.15, 0.2) is 11.0 Å². The Labute approximate surface area is 201 Å². The zero-order chi connectivity index (χ0) is 26.1. The lowest BCUT2D eigenvalue weighted by atomic mass is 10.2. The van der Waals surface area contributed by atoms with Gasteiger partial charge in [0.1, 0.15) is 5.39 Å². The van der Waals surface area contributed by atoms with Crippen molar-refractivity contribution in [2.45, 2.75) is 25.3 Å². The van der Waals surface area contributed by atoms with Gasteiger partial charge in [-0.25, -0.2) is 5.10 Å². The largest absolute Gasteiger partial charge is 0.445 e. The maximum Gasteiger partial charge on any atom is 0.445 e. The standard InChI is InChI=1S/C18H18F6N8O3S/c19-17(20,21)13-12-10(9-25-26-14(12)34)32(29-13)6-8-35-7-1-11(33)30-2-4-31(5-3-30)16-28-27-15(36-16)18(22,23)24/h9H,1-8H2,(H,26,34). The predicted octanol–water partition coefficient (Wildman–Crippen LogP) is 1.76. The van der Waals surface area contributed by atoms with E-state index in [-0.39, 0.29) is 55.8 Å². The number of carbonyl (C=O) groups is 1. The molecule has 1 saturated heterocycles. The van der Waals surface area contributed by atoms with Gasteiger partial charge in [0.2, 0.25) is 16.0 Å². The molecule has 4 rings (SSSR count). The van der Waals surface area contributed by atoms with Crippen LogP contribution in [-0.4, -0.2) is 80.4 Å². The van der Waals surface area contributed by atoms with Crippen LogP contribution < -0.4 is 10.5 Å². The van der Waals surface area contributed by atoms with Crippen LogP contribution in [0, 0.1) is 0 Å². The van der Waals surface area contributed by atoms with Gasteiger partial charge in [0.15, 0.2) is 5.69 Å². The summed E-state index contributed by atoms with van der Waals surface area (Å²) >= 11 is 0.440. The number of ether oxygens (including phenoxy) is 1. The Balaban J connectivity index is 1.23. The molecule has 0 radical (unpaired) electrons. The Morgan fingerprint density at radius 3 is 2.42 bits per heavy atom. The van der Waals surface area contributed by atoms with Crippen molar-refractivity contribution < 1.29 is 35.9 Å². The van der Waals surface area contributed by atoms with E-state index >= 15 is 0 Å². The van der Waals surface area contributed by atoms with E-state index < -0.39 is 34.0 Å². The first-order valence-electron chi connectivity index (χ1n) is 10.5. The van der Waals surface area contributed by atoms with Crippen molar-refractivity contribution in [1.29, 1.82) is 0 Å². The third-order valence-corrected chi connectivity index (χ3v) is 6.34. The van der Waals surface area contributed by atoms with Gasteiger partial charge in [0.05, 0.1) is 37.9 Å². The zero-order valence-electron chi connectivity index (χ0n) is 18.3. The molecule has 0 unspecified atom stereocenters. The van der Waals surface area contributed by atoms with E-state index in [0.717, 1.165) is 10.9 Å². The SMILES string of the molecule is O=C(CCOCCn1nc(C(F)(F)F)c2c(=O)[nH]ncc21)N1CCN(c2nnc(C(F)(F)F)s2)CC1. The summed E-state index contributed by atoms with van der Waals surface area (Å²) in [7, 11) is 0. The molecule has 196 valence electrons. The van der Waals surface area contributed by atoms with Gasteiger partial charge in [0, 0.05) is 26.2 Å². The molecule has 0 saturated carbocycles. The minimum atomic E-state index is -4.83. The number of carbonyl (C=O) groups excluding carboxylic acids is 1. The Bertz CT molecular complexity index is 1280. The van der Waals surface area contributed by atoms with E-state index in [2.05, 4.69) is 20.4 Å². The Hall–Kier alpha value is -3.28. The van der Waals surface area contributed by atoms with Gasteiger partial charge < -0.3 is 14.5 Å². The van der Waals surface area contributed by atoms with Gasteiger partial charge in [-0.2, -0.15) is 36.5 Å². The summed E-state index contributed by atoms with van der Waals surface area (Å²) < 4.78 is 84.1. The number of hydrogen-bond donors (Lipinski definition) is 1. The third-order valence-electron chi connectivity index (χ3n) is 5.31. The molecule has 1 fully saturated rings. The molecule has 0 bridgehead atoms. The highest BCUT2D eigenvalue weighted by Gasteiger charge is 2.38. The molecule has 18 heteroatoms. The van der Waals surface area contributed by atoms with Crippen LogP contribution in [0.5, 0.6) is 0 Å². The monoisotopic (exact) mass is 540 g/mol. The van der Waals surface area contributed by atoms with Crippen molar-refractivity contribution in [2.24, 2.45) is 0 Å². The molecule has 0 aromatic carbocycles. The fourth-order valence-electron chi connectivity index (χ4n) is 3.58. The number of alkyl halides is 6. The normalized spacial score (nSPS) is 15.2. The number of hydrogen-bond acceptors (Lipinski definition) is 9. The van der Waals surface area contributed by atoms with Gasteiger partial charge >= 0.3 is 12.4 Å². The molecule has 11 nitrogen and oxygen atoms in total. The molecule has 1 aliphatic rings. The number of anilines is 1. The average molecular weight is 540 g/mol. The number of rotatable bonds is 7. The van der Waals surface area contributed by atoms with Gasteiger partial charge in [-0.1, -0.05) is 11.3 Å². The number of aromatic amines is 1. The minimum absolute atomic E-state index is 0.00540. The lowest BCUT2D eigenvalue weighted by molar-refractivity contribution is -0.140. The van der Waals surface area contributed by atoms with E-state index in [1.807, 2.05) is 5.10 Å². The first kappa shape index (κ1) is 25.8. The molecule has 4 heterocycles. The molecule has 0 spiro atoms. The highest BCUT2D eigenvalue weighted by atomic mass is 32.1. The number of halogens is 6. The lowest BCUT2D eigenvalue weighted by Crippen LogP contribution is -2.49. The number of aromatic nitrogens is 6. The molecule has 3 aromatic heterocycles. The summed E-state index contributed by atoms with van der Waals surface area (Å²) in [6.07, 6.45) is -8.32.